The van der Waals surface area contributed by atoms with Crippen LogP contribution in [0.5, 0.6) is 5.75 Å². The van der Waals surface area contributed by atoms with Crippen molar-refractivity contribution in [2.24, 2.45) is 0 Å². The molecule has 0 aliphatic carbocycles. The Morgan fingerprint density at radius 2 is 1.77 bits per heavy atom. The molecule has 114 valence electrons. The van der Waals surface area contributed by atoms with E-state index in [0.29, 0.717) is 6.61 Å². The topological polar surface area (TPSA) is 38.3 Å². The third-order valence-electron chi connectivity index (χ3n) is 2.99. The van der Waals surface area contributed by atoms with E-state index in [1.54, 1.807) is 12.2 Å². The van der Waals surface area contributed by atoms with Gasteiger partial charge in [-0.3, -0.25) is 4.79 Å². The first-order valence-electron chi connectivity index (χ1n) is 7.39. The van der Waals surface area contributed by atoms with E-state index in [4.69, 9.17) is 4.74 Å². The third kappa shape index (κ3) is 5.44. The first kappa shape index (κ1) is 15.8. The van der Waals surface area contributed by atoms with Crippen LogP contribution >= 0.6 is 0 Å². The Kier molecular flexibility index (Phi) is 5.78. The molecule has 2 aromatic carbocycles. The van der Waals surface area contributed by atoms with Gasteiger partial charge in [0.2, 0.25) is 5.91 Å². The first-order chi connectivity index (χ1) is 10.6. The van der Waals surface area contributed by atoms with Gasteiger partial charge in [-0.05, 0) is 43.2 Å². The van der Waals surface area contributed by atoms with Crippen LogP contribution in [0.4, 0.5) is 0 Å². The summed E-state index contributed by atoms with van der Waals surface area (Å²) in [5.74, 6) is 0.729. The quantitative estimate of drug-likeness (QED) is 0.823. The first-order valence-corrected chi connectivity index (χ1v) is 7.39. The number of rotatable bonds is 6. The van der Waals surface area contributed by atoms with E-state index < -0.39 is 0 Å². The number of carbonyl (C=O) groups is 1. The highest BCUT2D eigenvalue weighted by molar-refractivity contribution is 5.91. The van der Waals surface area contributed by atoms with Crippen molar-refractivity contribution in [3.8, 4) is 5.75 Å². The van der Waals surface area contributed by atoms with Crippen LogP contribution in [-0.4, -0.2) is 11.9 Å². The second kappa shape index (κ2) is 8.03. The molecule has 2 rings (SSSR count). The Morgan fingerprint density at radius 3 is 2.41 bits per heavy atom. The zero-order valence-corrected chi connectivity index (χ0v) is 13.0. The van der Waals surface area contributed by atoms with E-state index in [1.165, 1.54) is 0 Å². The predicted octanol–water partition coefficient (Wildman–Crippen LogP) is 3.80. The molecule has 1 N–H and O–H groups in total. The summed E-state index contributed by atoms with van der Waals surface area (Å²) in [7, 11) is 0. The maximum atomic E-state index is 11.5. The van der Waals surface area contributed by atoms with Crippen LogP contribution in [-0.2, 0) is 11.4 Å². The van der Waals surface area contributed by atoms with Crippen molar-refractivity contribution in [2.75, 3.05) is 0 Å². The molecule has 2 aromatic rings. The smallest absolute Gasteiger partial charge is 0.244 e. The van der Waals surface area contributed by atoms with Gasteiger partial charge in [0.25, 0.3) is 0 Å². The molecule has 0 aliphatic rings. The Morgan fingerprint density at radius 1 is 1.09 bits per heavy atom. The molecule has 3 heteroatoms. The lowest BCUT2D eigenvalue weighted by Crippen LogP contribution is -2.28. The van der Waals surface area contributed by atoms with Gasteiger partial charge >= 0.3 is 0 Å². The van der Waals surface area contributed by atoms with Gasteiger partial charge < -0.3 is 10.1 Å². The minimum absolute atomic E-state index is 0.0839. The summed E-state index contributed by atoms with van der Waals surface area (Å²) in [6.45, 7) is 4.42. The lowest BCUT2D eigenvalue weighted by Gasteiger charge is -2.06. The van der Waals surface area contributed by atoms with Crippen molar-refractivity contribution in [1.29, 1.82) is 0 Å². The summed E-state index contributed by atoms with van der Waals surface area (Å²) >= 11 is 0. The predicted molar refractivity (Wildman–Crippen MR) is 89.5 cm³/mol. The minimum Gasteiger partial charge on any atom is -0.489 e. The van der Waals surface area contributed by atoms with Crippen LogP contribution < -0.4 is 10.1 Å². The maximum absolute atomic E-state index is 11.5. The van der Waals surface area contributed by atoms with E-state index >= 15 is 0 Å². The van der Waals surface area contributed by atoms with E-state index in [0.717, 1.165) is 16.9 Å². The van der Waals surface area contributed by atoms with Crippen molar-refractivity contribution in [1.82, 2.24) is 5.32 Å². The molecule has 0 spiro atoms. The standard InChI is InChI=1S/C19H21NO2/c1-15(2)20-19(21)13-10-16-8-11-18(12-9-16)22-14-17-6-4-3-5-7-17/h3-13,15H,14H2,1-2H3,(H,20,21). The zero-order valence-electron chi connectivity index (χ0n) is 13.0. The van der Waals surface area contributed by atoms with Gasteiger partial charge in [0.1, 0.15) is 12.4 Å². The maximum Gasteiger partial charge on any atom is 0.244 e. The van der Waals surface area contributed by atoms with E-state index in [2.05, 4.69) is 5.32 Å². The molecular weight excluding hydrogens is 274 g/mol. The third-order valence-corrected chi connectivity index (χ3v) is 2.99. The van der Waals surface area contributed by atoms with Crippen molar-refractivity contribution in [2.45, 2.75) is 26.5 Å². The van der Waals surface area contributed by atoms with Gasteiger partial charge in [0.05, 0.1) is 0 Å². The molecule has 0 unspecified atom stereocenters. The van der Waals surface area contributed by atoms with Crippen LogP contribution in [0.2, 0.25) is 0 Å². The SMILES string of the molecule is CC(C)NC(=O)C=Cc1ccc(OCc2ccccc2)cc1. The molecule has 0 fully saturated rings. The number of amides is 1. The van der Waals surface area contributed by atoms with Crippen molar-refractivity contribution in [3.63, 3.8) is 0 Å². The Labute approximate surface area is 131 Å². The lowest BCUT2D eigenvalue weighted by molar-refractivity contribution is -0.116. The van der Waals surface area contributed by atoms with Gasteiger partial charge in [0.15, 0.2) is 0 Å². The number of ether oxygens (including phenoxy) is 1. The van der Waals surface area contributed by atoms with Crippen molar-refractivity contribution < 1.29 is 9.53 Å². The zero-order chi connectivity index (χ0) is 15.8. The van der Waals surface area contributed by atoms with Crippen molar-refractivity contribution in [3.05, 3.63) is 71.8 Å². The van der Waals surface area contributed by atoms with Gasteiger partial charge in [0, 0.05) is 12.1 Å². The molecule has 0 radical (unpaired) electrons. The fourth-order valence-corrected chi connectivity index (χ4v) is 1.92. The highest BCUT2D eigenvalue weighted by Crippen LogP contribution is 2.15. The minimum atomic E-state index is -0.0839. The average molecular weight is 295 g/mol. The molecule has 0 aromatic heterocycles. The Bertz CT molecular complexity index is 616. The monoisotopic (exact) mass is 295 g/mol. The van der Waals surface area contributed by atoms with E-state index in [9.17, 15) is 4.79 Å². The normalized spacial score (nSPS) is 10.9. The van der Waals surface area contributed by atoms with Crippen LogP contribution in [0.3, 0.4) is 0 Å². The molecular formula is C19H21NO2. The van der Waals surface area contributed by atoms with Crippen molar-refractivity contribution >= 4 is 12.0 Å². The molecule has 0 bridgehead atoms. The van der Waals surface area contributed by atoms with Crippen LogP contribution in [0, 0.1) is 0 Å². The van der Waals surface area contributed by atoms with Crippen LogP contribution in [0.25, 0.3) is 6.08 Å². The molecule has 0 saturated heterocycles. The van der Waals surface area contributed by atoms with E-state index in [1.807, 2.05) is 68.4 Å². The number of carbonyl (C=O) groups excluding carboxylic acids is 1. The summed E-state index contributed by atoms with van der Waals surface area (Å²) in [5, 5.41) is 2.81. The molecule has 0 aliphatic heterocycles. The second-order valence-corrected chi connectivity index (χ2v) is 5.34. The number of nitrogens with one attached hydrogen (secondary N) is 1. The Balaban J connectivity index is 1.87. The van der Waals surface area contributed by atoms with Gasteiger partial charge in [-0.25, -0.2) is 0 Å². The summed E-state index contributed by atoms with van der Waals surface area (Å²) in [6, 6.07) is 17.9. The molecule has 0 heterocycles. The lowest BCUT2D eigenvalue weighted by atomic mass is 10.2. The molecule has 0 saturated carbocycles. The van der Waals surface area contributed by atoms with Crippen LogP contribution in [0.1, 0.15) is 25.0 Å². The summed E-state index contributed by atoms with van der Waals surface area (Å²) in [5.41, 5.74) is 2.10. The largest absolute Gasteiger partial charge is 0.489 e. The fraction of sp³-hybridized carbons (Fsp3) is 0.211. The summed E-state index contributed by atoms with van der Waals surface area (Å²) in [6.07, 6.45) is 3.33. The fourth-order valence-electron chi connectivity index (χ4n) is 1.92. The second-order valence-electron chi connectivity index (χ2n) is 5.34. The number of benzene rings is 2. The molecule has 0 atom stereocenters. The number of hydrogen-bond donors (Lipinski definition) is 1. The molecule has 1 amide bonds. The highest BCUT2D eigenvalue weighted by Gasteiger charge is 1.98. The van der Waals surface area contributed by atoms with Gasteiger partial charge in [-0.1, -0.05) is 42.5 Å². The average Bonchev–Trinajstić information content (AvgIpc) is 2.52. The van der Waals surface area contributed by atoms with E-state index in [-0.39, 0.29) is 11.9 Å². The summed E-state index contributed by atoms with van der Waals surface area (Å²) < 4.78 is 5.72. The van der Waals surface area contributed by atoms with Gasteiger partial charge in [-0.15, -0.1) is 0 Å². The number of hydrogen-bond acceptors (Lipinski definition) is 2. The Hall–Kier alpha value is -2.55. The summed E-state index contributed by atoms with van der Waals surface area (Å²) in [4.78, 5) is 11.5. The highest BCUT2D eigenvalue weighted by atomic mass is 16.5. The van der Waals surface area contributed by atoms with Gasteiger partial charge in [-0.2, -0.15) is 0 Å². The van der Waals surface area contributed by atoms with Crippen LogP contribution in [0.15, 0.2) is 60.7 Å². The molecule has 3 nitrogen and oxygen atoms in total. The molecule has 22 heavy (non-hydrogen) atoms.